The second-order valence-electron chi connectivity index (χ2n) is 6.43. The minimum absolute atomic E-state index is 0.0471. The monoisotopic (exact) mass is 242 g/mol. The zero-order valence-electron chi connectivity index (χ0n) is 11.2. The van der Waals surface area contributed by atoms with E-state index in [1.54, 1.807) is 0 Å². The van der Waals surface area contributed by atoms with Gasteiger partial charge in [0.2, 0.25) is 5.91 Å². The summed E-state index contributed by atoms with van der Waals surface area (Å²) in [6.07, 6.45) is 2.82. The Bertz CT molecular complexity index is 261. The van der Waals surface area contributed by atoms with Crippen LogP contribution < -0.4 is 11.1 Å². The Labute approximate surface area is 104 Å². The average Bonchev–Trinajstić information content (AvgIpc) is 2.58. The number of carbonyl (C=O) groups is 1. The molecule has 0 aromatic carbocycles. The molecular formula is C13H26N2O2. The molecule has 0 aromatic heterocycles. The number of amides is 1. The SMILES string of the molecule is CC(C)(C)CC(O)CNC(=O)C1CCC(N)C1. The predicted octanol–water partition coefficient (Wildman–Crippen LogP) is 1.03. The number of carbonyl (C=O) groups excluding carboxylic acids is 1. The molecule has 4 N–H and O–H groups in total. The number of hydrogen-bond acceptors (Lipinski definition) is 3. The number of aliphatic hydroxyl groups excluding tert-OH is 1. The van der Waals surface area contributed by atoms with E-state index in [1.807, 2.05) is 0 Å². The molecule has 0 aliphatic heterocycles. The Morgan fingerprint density at radius 2 is 2.12 bits per heavy atom. The molecule has 0 bridgehead atoms. The maximum atomic E-state index is 11.8. The van der Waals surface area contributed by atoms with Gasteiger partial charge in [0.15, 0.2) is 0 Å². The van der Waals surface area contributed by atoms with Crippen molar-refractivity contribution in [3.05, 3.63) is 0 Å². The first-order valence-electron chi connectivity index (χ1n) is 6.49. The van der Waals surface area contributed by atoms with Crippen molar-refractivity contribution >= 4 is 5.91 Å². The first kappa shape index (κ1) is 14.5. The fourth-order valence-corrected chi connectivity index (χ4v) is 2.40. The van der Waals surface area contributed by atoms with E-state index in [0.29, 0.717) is 13.0 Å². The van der Waals surface area contributed by atoms with Gasteiger partial charge in [0.1, 0.15) is 0 Å². The number of aliphatic hydroxyl groups is 1. The highest BCUT2D eigenvalue weighted by molar-refractivity contribution is 5.79. The van der Waals surface area contributed by atoms with Gasteiger partial charge in [-0.05, 0) is 31.1 Å². The van der Waals surface area contributed by atoms with Gasteiger partial charge in [-0.15, -0.1) is 0 Å². The van der Waals surface area contributed by atoms with Gasteiger partial charge in [-0.2, -0.15) is 0 Å². The molecule has 4 heteroatoms. The van der Waals surface area contributed by atoms with Crippen LogP contribution in [0, 0.1) is 11.3 Å². The van der Waals surface area contributed by atoms with Gasteiger partial charge in [-0.1, -0.05) is 20.8 Å². The third-order valence-corrected chi connectivity index (χ3v) is 3.20. The molecule has 1 amide bonds. The van der Waals surface area contributed by atoms with Crippen LogP contribution in [-0.4, -0.2) is 29.7 Å². The van der Waals surface area contributed by atoms with Gasteiger partial charge < -0.3 is 16.2 Å². The first-order valence-corrected chi connectivity index (χ1v) is 6.49. The third-order valence-electron chi connectivity index (χ3n) is 3.20. The van der Waals surface area contributed by atoms with Gasteiger partial charge in [-0.3, -0.25) is 4.79 Å². The Morgan fingerprint density at radius 3 is 2.59 bits per heavy atom. The van der Waals surface area contributed by atoms with Crippen molar-refractivity contribution < 1.29 is 9.90 Å². The third kappa shape index (κ3) is 5.50. The van der Waals surface area contributed by atoms with Crippen LogP contribution in [0.15, 0.2) is 0 Å². The van der Waals surface area contributed by atoms with Crippen LogP contribution in [0.25, 0.3) is 0 Å². The van der Waals surface area contributed by atoms with Crippen LogP contribution in [0.1, 0.15) is 46.5 Å². The normalized spacial score (nSPS) is 26.9. The number of nitrogens with two attached hydrogens (primary N) is 1. The molecule has 0 spiro atoms. The van der Waals surface area contributed by atoms with E-state index < -0.39 is 6.10 Å². The zero-order valence-corrected chi connectivity index (χ0v) is 11.2. The van der Waals surface area contributed by atoms with Crippen molar-refractivity contribution in [2.24, 2.45) is 17.1 Å². The van der Waals surface area contributed by atoms with Crippen LogP contribution in [0.5, 0.6) is 0 Å². The maximum Gasteiger partial charge on any atom is 0.223 e. The smallest absolute Gasteiger partial charge is 0.223 e. The molecule has 0 heterocycles. The average molecular weight is 242 g/mol. The molecule has 1 aliphatic carbocycles. The molecule has 1 fully saturated rings. The lowest BCUT2D eigenvalue weighted by Crippen LogP contribution is -2.37. The first-order chi connectivity index (χ1) is 7.78. The molecule has 3 unspecified atom stereocenters. The summed E-state index contributed by atoms with van der Waals surface area (Å²) in [5.74, 6) is 0.0951. The summed E-state index contributed by atoms with van der Waals surface area (Å²) in [6.45, 7) is 6.58. The van der Waals surface area contributed by atoms with Gasteiger partial charge in [-0.25, -0.2) is 0 Å². The molecule has 100 valence electrons. The fraction of sp³-hybridized carbons (Fsp3) is 0.923. The van der Waals surface area contributed by atoms with E-state index in [2.05, 4.69) is 26.1 Å². The van der Waals surface area contributed by atoms with Crippen LogP contribution >= 0.6 is 0 Å². The highest BCUT2D eigenvalue weighted by atomic mass is 16.3. The van der Waals surface area contributed by atoms with Crippen molar-refractivity contribution in [2.75, 3.05) is 6.54 Å². The van der Waals surface area contributed by atoms with Crippen LogP contribution in [0.3, 0.4) is 0 Å². The zero-order chi connectivity index (χ0) is 13.1. The van der Waals surface area contributed by atoms with Crippen molar-refractivity contribution in [3.8, 4) is 0 Å². The quantitative estimate of drug-likeness (QED) is 0.689. The molecule has 0 saturated heterocycles. The summed E-state index contributed by atoms with van der Waals surface area (Å²) in [5, 5.41) is 12.6. The van der Waals surface area contributed by atoms with E-state index >= 15 is 0 Å². The largest absolute Gasteiger partial charge is 0.391 e. The highest BCUT2D eigenvalue weighted by Gasteiger charge is 2.28. The number of nitrogens with one attached hydrogen (secondary N) is 1. The number of rotatable bonds is 4. The molecule has 17 heavy (non-hydrogen) atoms. The Hall–Kier alpha value is -0.610. The van der Waals surface area contributed by atoms with E-state index in [1.165, 1.54) is 0 Å². The molecular weight excluding hydrogens is 216 g/mol. The van der Waals surface area contributed by atoms with Crippen molar-refractivity contribution in [2.45, 2.75) is 58.6 Å². The highest BCUT2D eigenvalue weighted by Crippen LogP contribution is 2.24. The molecule has 1 aliphatic rings. The molecule has 1 rings (SSSR count). The molecule has 0 aromatic rings. The van der Waals surface area contributed by atoms with Crippen molar-refractivity contribution in [1.82, 2.24) is 5.32 Å². The Morgan fingerprint density at radius 1 is 1.47 bits per heavy atom. The van der Waals surface area contributed by atoms with Gasteiger partial charge in [0.25, 0.3) is 0 Å². The van der Waals surface area contributed by atoms with E-state index in [0.717, 1.165) is 19.3 Å². The molecule has 1 saturated carbocycles. The van der Waals surface area contributed by atoms with Crippen LogP contribution in [-0.2, 0) is 4.79 Å². The summed E-state index contributed by atoms with van der Waals surface area (Å²) >= 11 is 0. The minimum Gasteiger partial charge on any atom is -0.391 e. The molecule has 3 atom stereocenters. The summed E-state index contributed by atoms with van der Waals surface area (Å²) in [7, 11) is 0. The van der Waals surface area contributed by atoms with Crippen LogP contribution in [0.2, 0.25) is 0 Å². The summed E-state index contributed by atoms with van der Waals surface area (Å²) < 4.78 is 0. The van der Waals surface area contributed by atoms with Crippen LogP contribution in [0.4, 0.5) is 0 Å². The van der Waals surface area contributed by atoms with Gasteiger partial charge >= 0.3 is 0 Å². The van der Waals surface area contributed by atoms with E-state index in [-0.39, 0.29) is 23.3 Å². The summed E-state index contributed by atoms with van der Waals surface area (Å²) in [4.78, 5) is 11.8. The van der Waals surface area contributed by atoms with E-state index in [9.17, 15) is 9.90 Å². The van der Waals surface area contributed by atoms with Crippen molar-refractivity contribution in [3.63, 3.8) is 0 Å². The van der Waals surface area contributed by atoms with E-state index in [4.69, 9.17) is 5.73 Å². The predicted molar refractivity (Wildman–Crippen MR) is 68.4 cm³/mol. The second kappa shape index (κ2) is 5.83. The van der Waals surface area contributed by atoms with Gasteiger partial charge in [0, 0.05) is 18.5 Å². The Balaban J connectivity index is 2.24. The topological polar surface area (TPSA) is 75.3 Å². The summed E-state index contributed by atoms with van der Waals surface area (Å²) in [6, 6.07) is 0.172. The standard InChI is InChI=1S/C13H26N2O2/c1-13(2,3)7-11(16)8-15-12(17)9-4-5-10(14)6-9/h9-11,16H,4-8,14H2,1-3H3,(H,15,17). The van der Waals surface area contributed by atoms with Gasteiger partial charge in [0.05, 0.1) is 6.10 Å². The van der Waals surface area contributed by atoms with Crippen molar-refractivity contribution in [1.29, 1.82) is 0 Å². The fourth-order valence-electron chi connectivity index (χ4n) is 2.40. The lowest BCUT2D eigenvalue weighted by Gasteiger charge is -2.23. The molecule has 0 radical (unpaired) electrons. The minimum atomic E-state index is -0.464. The molecule has 4 nitrogen and oxygen atoms in total. The summed E-state index contributed by atoms with van der Waals surface area (Å²) in [5.41, 5.74) is 5.86. The Kier molecular flexibility index (Phi) is 4.95. The second-order valence-corrected chi connectivity index (χ2v) is 6.43. The number of hydrogen-bond donors (Lipinski definition) is 3. The lowest BCUT2D eigenvalue weighted by atomic mass is 9.89. The maximum absolute atomic E-state index is 11.8. The lowest BCUT2D eigenvalue weighted by molar-refractivity contribution is -0.125.